The number of unbranched alkanes of at least 4 members (excludes halogenated alkanes) is 8. The van der Waals surface area contributed by atoms with Crippen molar-refractivity contribution >= 4 is 5.78 Å². The second kappa shape index (κ2) is 13.9. The maximum Gasteiger partial charge on any atom is 0.164 e. The molecule has 4 atom stereocenters. The van der Waals surface area contributed by atoms with Crippen LogP contribution in [0.25, 0.3) is 0 Å². The van der Waals surface area contributed by atoms with Crippen LogP contribution in [0.15, 0.2) is 0 Å². The van der Waals surface area contributed by atoms with Crippen LogP contribution in [0.4, 0.5) is 0 Å². The quantitative estimate of drug-likeness (QED) is 0.284. The Balaban J connectivity index is 3.76. The Bertz CT molecular complexity index is 297. The lowest BCUT2D eigenvalue weighted by molar-refractivity contribution is -0.147. The predicted molar refractivity (Wildman–Crippen MR) is 88.0 cm³/mol. The van der Waals surface area contributed by atoms with Gasteiger partial charge in [-0.25, -0.2) is 0 Å². The third-order valence-corrected chi connectivity index (χ3v) is 4.11. The molecule has 0 fully saturated rings. The van der Waals surface area contributed by atoms with Crippen molar-refractivity contribution in [3.05, 3.63) is 0 Å². The van der Waals surface area contributed by atoms with Gasteiger partial charge in [0.2, 0.25) is 0 Å². The summed E-state index contributed by atoms with van der Waals surface area (Å²) in [5.74, 6) is -0.551. The number of aliphatic hydroxyl groups is 5. The van der Waals surface area contributed by atoms with Crippen molar-refractivity contribution in [2.75, 3.05) is 6.61 Å². The Hall–Kier alpha value is -0.530. The standard InChI is InChI=1S/C17H34O6/c1-2-3-4-5-6-7-8-9-10-11-13(19)15(21)17(23)16(22)14(20)12-18/h14-18,20-23H,2-12H2,1H3/t14-,15+,16-,17-/m1/s1. The summed E-state index contributed by atoms with van der Waals surface area (Å²) >= 11 is 0. The fraction of sp³-hybridized carbons (Fsp3) is 0.941. The van der Waals surface area contributed by atoms with Gasteiger partial charge in [-0.15, -0.1) is 0 Å². The van der Waals surface area contributed by atoms with E-state index in [1.54, 1.807) is 0 Å². The zero-order chi connectivity index (χ0) is 17.7. The second-order valence-electron chi connectivity index (χ2n) is 6.22. The topological polar surface area (TPSA) is 118 Å². The van der Waals surface area contributed by atoms with Crippen LogP contribution in [0, 0.1) is 0 Å². The van der Waals surface area contributed by atoms with Crippen LogP contribution in [-0.4, -0.2) is 62.3 Å². The minimum atomic E-state index is -1.79. The molecular weight excluding hydrogens is 300 g/mol. The molecule has 138 valence electrons. The predicted octanol–water partition coefficient (Wildman–Crippen LogP) is 0.912. The van der Waals surface area contributed by atoms with Gasteiger partial charge in [-0.05, 0) is 6.42 Å². The SMILES string of the molecule is CCCCCCCCCCCC(=O)[C@H](O)[C@@H](O)[C@H](O)[C@H](O)CO. The Morgan fingerprint density at radius 2 is 1.26 bits per heavy atom. The van der Waals surface area contributed by atoms with Crippen LogP contribution < -0.4 is 0 Å². The number of hydrogen-bond donors (Lipinski definition) is 5. The highest BCUT2D eigenvalue weighted by Gasteiger charge is 2.33. The number of hydrogen-bond acceptors (Lipinski definition) is 6. The summed E-state index contributed by atoms with van der Waals surface area (Å²) in [5.41, 5.74) is 0. The van der Waals surface area contributed by atoms with Crippen molar-refractivity contribution in [2.24, 2.45) is 0 Å². The van der Waals surface area contributed by atoms with Crippen LogP contribution in [0.3, 0.4) is 0 Å². The smallest absolute Gasteiger partial charge is 0.164 e. The Labute approximate surface area is 139 Å². The molecule has 0 aromatic heterocycles. The number of aliphatic hydroxyl groups excluding tert-OH is 5. The molecule has 0 radical (unpaired) electrons. The van der Waals surface area contributed by atoms with Gasteiger partial charge in [-0.2, -0.15) is 0 Å². The summed E-state index contributed by atoms with van der Waals surface area (Å²) in [7, 11) is 0. The molecule has 6 heteroatoms. The molecule has 0 rings (SSSR count). The number of rotatable bonds is 15. The summed E-state index contributed by atoms with van der Waals surface area (Å²) in [6.45, 7) is 1.43. The van der Waals surface area contributed by atoms with Crippen molar-refractivity contribution in [1.29, 1.82) is 0 Å². The Morgan fingerprint density at radius 3 is 1.74 bits per heavy atom. The Kier molecular flexibility index (Phi) is 13.5. The molecule has 6 nitrogen and oxygen atoms in total. The minimum Gasteiger partial charge on any atom is -0.394 e. The van der Waals surface area contributed by atoms with Gasteiger partial charge < -0.3 is 25.5 Å². The van der Waals surface area contributed by atoms with Gasteiger partial charge in [0, 0.05) is 6.42 Å². The van der Waals surface area contributed by atoms with Crippen LogP contribution in [0.1, 0.15) is 71.1 Å². The van der Waals surface area contributed by atoms with E-state index in [-0.39, 0.29) is 6.42 Å². The second-order valence-corrected chi connectivity index (χ2v) is 6.22. The van der Waals surface area contributed by atoms with E-state index >= 15 is 0 Å². The van der Waals surface area contributed by atoms with E-state index in [1.807, 2.05) is 0 Å². The molecule has 0 saturated heterocycles. The van der Waals surface area contributed by atoms with Crippen LogP contribution in [0.2, 0.25) is 0 Å². The van der Waals surface area contributed by atoms with Crippen LogP contribution in [-0.2, 0) is 4.79 Å². The third-order valence-electron chi connectivity index (χ3n) is 4.11. The molecule has 0 saturated carbocycles. The zero-order valence-corrected chi connectivity index (χ0v) is 14.2. The Morgan fingerprint density at radius 1 is 0.783 bits per heavy atom. The van der Waals surface area contributed by atoms with E-state index < -0.39 is 36.8 Å². The molecule has 0 heterocycles. The molecule has 0 spiro atoms. The minimum absolute atomic E-state index is 0.135. The largest absolute Gasteiger partial charge is 0.394 e. The molecule has 0 aliphatic carbocycles. The fourth-order valence-electron chi connectivity index (χ4n) is 2.47. The summed E-state index contributed by atoms with van der Waals surface area (Å²) in [6.07, 6.45) is 3.26. The van der Waals surface area contributed by atoms with Crippen molar-refractivity contribution in [3.63, 3.8) is 0 Å². The highest BCUT2D eigenvalue weighted by Crippen LogP contribution is 2.13. The molecule has 0 aromatic rings. The van der Waals surface area contributed by atoms with Crippen LogP contribution >= 0.6 is 0 Å². The average Bonchev–Trinajstić information content (AvgIpc) is 2.57. The van der Waals surface area contributed by atoms with E-state index in [1.165, 1.54) is 32.1 Å². The van der Waals surface area contributed by atoms with E-state index in [0.29, 0.717) is 6.42 Å². The molecule has 0 bridgehead atoms. The lowest BCUT2D eigenvalue weighted by atomic mass is 9.97. The van der Waals surface area contributed by atoms with E-state index in [4.69, 9.17) is 5.11 Å². The van der Waals surface area contributed by atoms with Crippen molar-refractivity contribution in [2.45, 2.75) is 95.5 Å². The number of carbonyl (C=O) groups is 1. The molecule has 0 aliphatic heterocycles. The van der Waals surface area contributed by atoms with Gasteiger partial charge in [0.05, 0.1) is 6.61 Å². The lowest BCUT2D eigenvalue weighted by Crippen LogP contribution is -2.48. The third kappa shape index (κ3) is 10.0. The zero-order valence-electron chi connectivity index (χ0n) is 14.2. The van der Waals surface area contributed by atoms with Gasteiger partial charge in [0.1, 0.15) is 24.4 Å². The summed E-state index contributed by atoms with van der Waals surface area (Å²) in [5, 5.41) is 46.6. The first-order valence-corrected chi connectivity index (χ1v) is 8.81. The molecule has 23 heavy (non-hydrogen) atoms. The van der Waals surface area contributed by atoms with E-state index in [2.05, 4.69) is 6.92 Å². The maximum absolute atomic E-state index is 11.7. The van der Waals surface area contributed by atoms with Gasteiger partial charge in [0.15, 0.2) is 5.78 Å². The number of ketones is 1. The van der Waals surface area contributed by atoms with E-state index in [9.17, 15) is 25.2 Å². The molecule has 0 aromatic carbocycles. The summed E-state index contributed by atoms with van der Waals surface area (Å²) in [6, 6.07) is 0. The molecule has 0 amide bonds. The number of carbonyl (C=O) groups excluding carboxylic acids is 1. The molecule has 0 aliphatic rings. The highest BCUT2D eigenvalue weighted by atomic mass is 16.4. The highest BCUT2D eigenvalue weighted by molar-refractivity contribution is 5.83. The monoisotopic (exact) mass is 334 g/mol. The van der Waals surface area contributed by atoms with Crippen molar-refractivity contribution in [3.8, 4) is 0 Å². The number of Topliss-reactive ketones (excluding diaryl/α,β-unsaturated/α-hetero) is 1. The van der Waals surface area contributed by atoms with Crippen molar-refractivity contribution < 1.29 is 30.3 Å². The summed E-state index contributed by atoms with van der Waals surface area (Å²) in [4.78, 5) is 11.7. The maximum atomic E-state index is 11.7. The molecular formula is C17H34O6. The van der Waals surface area contributed by atoms with E-state index in [0.717, 1.165) is 19.3 Å². The fourth-order valence-corrected chi connectivity index (χ4v) is 2.47. The van der Waals surface area contributed by atoms with Gasteiger partial charge in [-0.3, -0.25) is 4.79 Å². The van der Waals surface area contributed by atoms with Gasteiger partial charge >= 0.3 is 0 Å². The first kappa shape index (κ1) is 22.5. The van der Waals surface area contributed by atoms with Gasteiger partial charge in [0.25, 0.3) is 0 Å². The normalized spacial score (nSPS) is 16.8. The first-order chi connectivity index (χ1) is 11.0. The van der Waals surface area contributed by atoms with Gasteiger partial charge in [-0.1, -0.05) is 58.3 Å². The van der Waals surface area contributed by atoms with Crippen LogP contribution in [0.5, 0.6) is 0 Å². The lowest BCUT2D eigenvalue weighted by Gasteiger charge is -2.24. The van der Waals surface area contributed by atoms with Crippen molar-refractivity contribution in [1.82, 2.24) is 0 Å². The average molecular weight is 334 g/mol. The summed E-state index contributed by atoms with van der Waals surface area (Å²) < 4.78 is 0. The molecule has 5 N–H and O–H groups in total. The molecule has 0 unspecified atom stereocenters. The first-order valence-electron chi connectivity index (χ1n) is 8.81.